The standard InChI is InChI=1S/C21H22BrN3O/c1-2-20(26)24-13-5-8-19(24)21-23-17-6-3-4-7-18(17)25(21)14-15-9-11-16(22)12-10-15/h3-4,6-7,9-12,19H,2,5,8,13-14H2,1H3. The van der Waals surface area contributed by atoms with Gasteiger partial charge in [-0.2, -0.15) is 0 Å². The fraction of sp³-hybridized carbons (Fsp3) is 0.333. The van der Waals surface area contributed by atoms with Crippen LogP contribution in [0.25, 0.3) is 11.0 Å². The molecule has 2 heterocycles. The van der Waals surface area contributed by atoms with E-state index in [4.69, 9.17) is 4.98 Å². The van der Waals surface area contributed by atoms with Gasteiger partial charge in [-0.15, -0.1) is 0 Å². The number of aromatic nitrogens is 2. The maximum absolute atomic E-state index is 12.4. The normalized spacial score (nSPS) is 17.2. The summed E-state index contributed by atoms with van der Waals surface area (Å²) in [5.74, 6) is 1.23. The van der Waals surface area contributed by atoms with Crippen molar-refractivity contribution in [2.24, 2.45) is 0 Å². The van der Waals surface area contributed by atoms with Crippen LogP contribution in [0.5, 0.6) is 0 Å². The molecular weight excluding hydrogens is 390 g/mol. The second-order valence-corrected chi connectivity index (χ2v) is 7.69. The van der Waals surface area contributed by atoms with Gasteiger partial charge in [-0.3, -0.25) is 4.79 Å². The smallest absolute Gasteiger partial charge is 0.222 e. The van der Waals surface area contributed by atoms with E-state index < -0.39 is 0 Å². The maximum Gasteiger partial charge on any atom is 0.222 e. The zero-order valence-electron chi connectivity index (χ0n) is 14.9. The molecule has 0 saturated carbocycles. The Morgan fingerprint density at radius 1 is 1.19 bits per heavy atom. The molecule has 0 radical (unpaired) electrons. The minimum atomic E-state index is 0.0744. The number of hydrogen-bond donors (Lipinski definition) is 0. The Balaban J connectivity index is 1.79. The van der Waals surface area contributed by atoms with Crippen LogP contribution in [0.1, 0.15) is 43.6 Å². The molecule has 3 aromatic rings. The highest BCUT2D eigenvalue weighted by Crippen LogP contribution is 2.34. The number of imidazole rings is 1. The van der Waals surface area contributed by atoms with Crippen LogP contribution in [0.3, 0.4) is 0 Å². The average molecular weight is 412 g/mol. The van der Waals surface area contributed by atoms with Crippen LogP contribution in [0.2, 0.25) is 0 Å². The minimum Gasteiger partial charge on any atom is -0.333 e. The molecule has 1 aliphatic heterocycles. The third kappa shape index (κ3) is 3.16. The van der Waals surface area contributed by atoms with Gasteiger partial charge in [0.15, 0.2) is 0 Å². The minimum absolute atomic E-state index is 0.0744. The number of nitrogens with zero attached hydrogens (tertiary/aromatic N) is 3. The molecule has 0 bridgehead atoms. The first kappa shape index (κ1) is 17.3. The van der Waals surface area contributed by atoms with Crippen LogP contribution in [0.15, 0.2) is 53.0 Å². The lowest BCUT2D eigenvalue weighted by Crippen LogP contribution is -2.31. The fourth-order valence-corrected chi connectivity index (χ4v) is 4.09. The number of carbonyl (C=O) groups excluding carboxylic acids is 1. The van der Waals surface area contributed by atoms with Gasteiger partial charge in [0, 0.05) is 24.0 Å². The molecule has 0 spiro atoms. The third-order valence-corrected chi connectivity index (χ3v) is 5.64. The lowest BCUT2D eigenvalue weighted by Gasteiger charge is -2.25. The largest absolute Gasteiger partial charge is 0.333 e. The molecule has 1 amide bonds. The highest BCUT2D eigenvalue weighted by Gasteiger charge is 2.32. The van der Waals surface area contributed by atoms with Gasteiger partial charge in [-0.05, 0) is 42.7 Å². The number of carbonyl (C=O) groups is 1. The zero-order valence-corrected chi connectivity index (χ0v) is 16.4. The lowest BCUT2D eigenvalue weighted by molar-refractivity contribution is -0.131. The Hall–Kier alpha value is -2.14. The second kappa shape index (κ2) is 7.23. The summed E-state index contributed by atoms with van der Waals surface area (Å²) >= 11 is 3.50. The van der Waals surface area contributed by atoms with Crippen molar-refractivity contribution in [2.75, 3.05) is 6.54 Å². The van der Waals surface area contributed by atoms with Crippen LogP contribution in [0.4, 0.5) is 0 Å². The van der Waals surface area contributed by atoms with Crippen LogP contribution in [-0.2, 0) is 11.3 Å². The summed E-state index contributed by atoms with van der Waals surface area (Å²) in [5.41, 5.74) is 3.35. The number of fused-ring (bicyclic) bond motifs is 1. The Morgan fingerprint density at radius 2 is 1.96 bits per heavy atom. The van der Waals surface area contributed by atoms with E-state index in [0.29, 0.717) is 6.42 Å². The molecule has 1 aromatic heterocycles. The summed E-state index contributed by atoms with van der Waals surface area (Å²) in [6.45, 7) is 3.52. The number of amides is 1. The molecule has 2 aromatic carbocycles. The summed E-state index contributed by atoms with van der Waals surface area (Å²) in [5, 5.41) is 0. The first-order valence-corrected chi connectivity index (χ1v) is 9.95. The number of likely N-dealkylation sites (tertiary alicyclic amines) is 1. The van der Waals surface area contributed by atoms with Crippen molar-refractivity contribution in [3.8, 4) is 0 Å². The SMILES string of the molecule is CCC(=O)N1CCCC1c1nc2ccccc2n1Cc1ccc(Br)cc1. The number of rotatable bonds is 4. The molecule has 5 heteroatoms. The van der Waals surface area contributed by atoms with Crippen molar-refractivity contribution in [1.29, 1.82) is 0 Å². The van der Waals surface area contributed by atoms with E-state index in [1.54, 1.807) is 0 Å². The Morgan fingerprint density at radius 3 is 2.73 bits per heavy atom. The van der Waals surface area contributed by atoms with Gasteiger partial charge in [0.1, 0.15) is 5.82 Å². The van der Waals surface area contributed by atoms with Gasteiger partial charge in [0.2, 0.25) is 5.91 Å². The summed E-state index contributed by atoms with van der Waals surface area (Å²) in [6.07, 6.45) is 2.57. The summed E-state index contributed by atoms with van der Waals surface area (Å²) < 4.78 is 3.36. The molecule has 1 aliphatic rings. The average Bonchev–Trinajstić information content (AvgIpc) is 3.28. The van der Waals surface area contributed by atoms with Crippen LogP contribution in [-0.4, -0.2) is 26.9 Å². The van der Waals surface area contributed by atoms with Gasteiger partial charge >= 0.3 is 0 Å². The number of hydrogen-bond acceptors (Lipinski definition) is 2. The highest BCUT2D eigenvalue weighted by molar-refractivity contribution is 9.10. The molecule has 134 valence electrons. The molecular formula is C21H22BrN3O. The van der Waals surface area contributed by atoms with E-state index in [1.165, 1.54) is 5.56 Å². The third-order valence-electron chi connectivity index (χ3n) is 5.11. The van der Waals surface area contributed by atoms with E-state index in [9.17, 15) is 4.79 Å². The fourth-order valence-electron chi connectivity index (χ4n) is 3.82. The van der Waals surface area contributed by atoms with Crippen molar-refractivity contribution < 1.29 is 4.79 Å². The van der Waals surface area contributed by atoms with Crippen LogP contribution < -0.4 is 0 Å². The lowest BCUT2D eigenvalue weighted by atomic mass is 10.1. The van der Waals surface area contributed by atoms with Crippen molar-refractivity contribution >= 4 is 32.9 Å². The van der Waals surface area contributed by atoms with E-state index in [2.05, 4.69) is 63.0 Å². The Bertz CT molecular complexity index is 932. The van der Waals surface area contributed by atoms with Crippen LogP contribution >= 0.6 is 15.9 Å². The van der Waals surface area contributed by atoms with E-state index in [1.807, 2.05) is 17.9 Å². The molecule has 4 rings (SSSR count). The van der Waals surface area contributed by atoms with E-state index in [0.717, 1.165) is 47.3 Å². The quantitative estimate of drug-likeness (QED) is 0.610. The van der Waals surface area contributed by atoms with Crippen LogP contribution in [0, 0.1) is 0 Å². The zero-order chi connectivity index (χ0) is 18.1. The molecule has 26 heavy (non-hydrogen) atoms. The predicted molar refractivity (Wildman–Crippen MR) is 107 cm³/mol. The van der Waals surface area contributed by atoms with Gasteiger partial charge in [-0.1, -0.05) is 47.1 Å². The summed E-state index contributed by atoms with van der Waals surface area (Å²) in [4.78, 5) is 19.4. The van der Waals surface area contributed by atoms with Gasteiger partial charge in [-0.25, -0.2) is 4.98 Å². The van der Waals surface area contributed by atoms with Gasteiger partial charge in [0.05, 0.1) is 17.1 Å². The number of para-hydroxylation sites is 2. The summed E-state index contributed by atoms with van der Waals surface area (Å²) in [7, 11) is 0. The molecule has 4 nitrogen and oxygen atoms in total. The molecule has 0 aliphatic carbocycles. The number of halogens is 1. The van der Waals surface area contributed by atoms with Crippen molar-refractivity contribution in [3.05, 3.63) is 64.4 Å². The van der Waals surface area contributed by atoms with E-state index >= 15 is 0 Å². The molecule has 0 N–H and O–H groups in total. The maximum atomic E-state index is 12.4. The molecule has 1 saturated heterocycles. The highest BCUT2D eigenvalue weighted by atomic mass is 79.9. The summed E-state index contributed by atoms with van der Waals surface area (Å²) in [6, 6.07) is 16.7. The van der Waals surface area contributed by atoms with Gasteiger partial charge in [0.25, 0.3) is 0 Å². The molecule has 1 unspecified atom stereocenters. The Kier molecular flexibility index (Phi) is 4.81. The molecule has 1 fully saturated rings. The van der Waals surface area contributed by atoms with Crippen molar-refractivity contribution in [2.45, 2.75) is 38.8 Å². The Labute approximate surface area is 162 Å². The topological polar surface area (TPSA) is 38.1 Å². The van der Waals surface area contributed by atoms with Crippen molar-refractivity contribution in [1.82, 2.24) is 14.5 Å². The second-order valence-electron chi connectivity index (χ2n) is 6.77. The first-order chi connectivity index (χ1) is 12.7. The van der Waals surface area contributed by atoms with E-state index in [-0.39, 0.29) is 11.9 Å². The molecule has 1 atom stereocenters. The monoisotopic (exact) mass is 411 g/mol. The van der Waals surface area contributed by atoms with Gasteiger partial charge < -0.3 is 9.47 Å². The number of benzene rings is 2. The van der Waals surface area contributed by atoms with Crippen molar-refractivity contribution in [3.63, 3.8) is 0 Å². The first-order valence-electron chi connectivity index (χ1n) is 9.16. The predicted octanol–water partition coefficient (Wildman–Crippen LogP) is 4.92.